The van der Waals surface area contributed by atoms with Gasteiger partial charge in [-0.15, -0.1) is 0 Å². The largest absolute Gasteiger partial charge is 0.382 e. The molecule has 0 aliphatic carbocycles. The Morgan fingerprint density at radius 3 is 2.38 bits per heavy atom. The van der Waals surface area contributed by atoms with Crippen LogP contribution in [-0.2, 0) is 10.0 Å². The molecule has 1 aromatic carbocycles. The lowest BCUT2D eigenvalue weighted by Gasteiger charge is -2.12. The van der Waals surface area contributed by atoms with Gasteiger partial charge in [0, 0.05) is 6.04 Å². The Kier molecular flexibility index (Phi) is 4.47. The number of nitrogens with zero attached hydrogens (tertiary/aromatic N) is 1. The second-order valence-corrected chi connectivity index (χ2v) is 6.75. The predicted molar refractivity (Wildman–Crippen MR) is 85.0 cm³/mol. The molecule has 0 radical (unpaired) electrons. The topological polar surface area (TPSA) is 71.1 Å². The van der Waals surface area contributed by atoms with Crippen molar-refractivity contribution in [1.82, 2.24) is 4.98 Å². The summed E-state index contributed by atoms with van der Waals surface area (Å²) >= 11 is 0. The molecule has 2 aromatic rings. The Bertz CT molecular complexity index is 710. The molecule has 0 fully saturated rings. The van der Waals surface area contributed by atoms with E-state index in [0.717, 1.165) is 5.69 Å². The normalized spacial score (nSPS) is 11.4. The molecule has 0 bridgehead atoms. The Morgan fingerprint density at radius 1 is 1.10 bits per heavy atom. The molecular formula is C15H19N3O2S. The highest BCUT2D eigenvalue weighted by Gasteiger charge is 2.16. The Morgan fingerprint density at radius 2 is 1.81 bits per heavy atom. The van der Waals surface area contributed by atoms with E-state index in [4.69, 9.17) is 0 Å². The summed E-state index contributed by atoms with van der Waals surface area (Å²) in [5.41, 5.74) is 1.55. The number of hydrogen-bond acceptors (Lipinski definition) is 4. The number of anilines is 2. The predicted octanol–water partition coefficient (Wildman–Crippen LogP) is 3.01. The lowest BCUT2D eigenvalue weighted by Crippen LogP contribution is -2.15. The van der Waals surface area contributed by atoms with E-state index < -0.39 is 10.0 Å². The Balaban J connectivity index is 2.19. The summed E-state index contributed by atoms with van der Waals surface area (Å²) in [6.45, 7) is 5.81. The number of hydrogen-bond donors (Lipinski definition) is 2. The van der Waals surface area contributed by atoms with Crippen molar-refractivity contribution in [2.24, 2.45) is 0 Å². The zero-order valence-corrected chi connectivity index (χ0v) is 13.1. The minimum absolute atomic E-state index is 0.260. The standard InChI is InChI=1S/C15H19N3O2S/c1-11(2)17-13-8-9-15(16-10-13)18-21(19,20)14-7-5-4-6-12(14)3/h4-11,17H,1-3H3,(H,16,18). The Labute approximate surface area is 125 Å². The molecule has 0 amide bonds. The van der Waals surface area contributed by atoms with E-state index in [-0.39, 0.29) is 4.90 Å². The minimum Gasteiger partial charge on any atom is -0.382 e. The molecule has 0 unspecified atom stereocenters. The fraction of sp³-hybridized carbons (Fsp3) is 0.267. The maximum atomic E-state index is 12.3. The second kappa shape index (κ2) is 6.13. The van der Waals surface area contributed by atoms with Crippen LogP contribution in [0.3, 0.4) is 0 Å². The lowest BCUT2D eigenvalue weighted by molar-refractivity contribution is 0.600. The summed E-state index contributed by atoms with van der Waals surface area (Å²) < 4.78 is 27.1. The number of benzene rings is 1. The highest BCUT2D eigenvalue weighted by atomic mass is 32.2. The van der Waals surface area contributed by atoms with Gasteiger partial charge in [-0.05, 0) is 44.5 Å². The molecule has 0 aliphatic rings. The SMILES string of the molecule is Cc1ccccc1S(=O)(=O)Nc1ccc(NC(C)C)cn1. The van der Waals surface area contributed by atoms with Crippen LogP contribution in [0, 0.1) is 6.92 Å². The van der Waals surface area contributed by atoms with Gasteiger partial charge in [0.15, 0.2) is 0 Å². The molecule has 1 aromatic heterocycles. The first-order valence-electron chi connectivity index (χ1n) is 6.69. The molecule has 21 heavy (non-hydrogen) atoms. The van der Waals surface area contributed by atoms with Gasteiger partial charge in [-0.25, -0.2) is 13.4 Å². The van der Waals surface area contributed by atoms with Crippen molar-refractivity contribution in [3.63, 3.8) is 0 Å². The van der Waals surface area contributed by atoms with Crippen molar-refractivity contribution in [3.05, 3.63) is 48.2 Å². The first kappa shape index (κ1) is 15.3. The quantitative estimate of drug-likeness (QED) is 0.891. The third kappa shape index (κ3) is 3.95. The van der Waals surface area contributed by atoms with Crippen LogP contribution in [0.1, 0.15) is 19.4 Å². The van der Waals surface area contributed by atoms with Crippen molar-refractivity contribution in [2.75, 3.05) is 10.0 Å². The van der Waals surface area contributed by atoms with Gasteiger partial charge in [0.25, 0.3) is 10.0 Å². The van der Waals surface area contributed by atoms with Gasteiger partial charge in [-0.2, -0.15) is 0 Å². The number of rotatable bonds is 5. The first-order valence-corrected chi connectivity index (χ1v) is 8.18. The molecule has 1 heterocycles. The van der Waals surface area contributed by atoms with Crippen molar-refractivity contribution in [2.45, 2.75) is 31.7 Å². The fourth-order valence-corrected chi connectivity index (χ4v) is 3.18. The fourth-order valence-electron chi connectivity index (χ4n) is 1.92. The van der Waals surface area contributed by atoms with Crippen LogP contribution in [-0.4, -0.2) is 19.4 Å². The van der Waals surface area contributed by atoms with Crippen LogP contribution < -0.4 is 10.0 Å². The molecule has 0 saturated carbocycles. The van der Waals surface area contributed by atoms with Crippen molar-refractivity contribution in [1.29, 1.82) is 0 Å². The van der Waals surface area contributed by atoms with E-state index >= 15 is 0 Å². The van der Waals surface area contributed by atoms with E-state index in [9.17, 15) is 8.42 Å². The number of pyridine rings is 1. The zero-order chi connectivity index (χ0) is 15.5. The van der Waals surface area contributed by atoms with Crippen LogP contribution in [0.15, 0.2) is 47.5 Å². The van der Waals surface area contributed by atoms with Gasteiger partial charge in [-0.3, -0.25) is 4.72 Å². The summed E-state index contributed by atoms with van der Waals surface area (Å²) in [6, 6.07) is 10.6. The van der Waals surface area contributed by atoms with Gasteiger partial charge >= 0.3 is 0 Å². The average molecular weight is 305 g/mol. The van der Waals surface area contributed by atoms with E-state index in [1.807, 2.05) is 13.8 Å². The molecule has 2 rings (SSSR count). The average Bonchev–Trinajstić information content (AvgIpc) is 2.40. The van der Waals surface area contributed by atoms with Crippen molar-refractivity contribution >= 4 is 21.5 Å². The molecule has 0 aliphatic heterocycles. The molecule has 0 saturated heterocycles. The summed E-state index contributed by atoms with van der Waals surface area (Å²) in [5.74, 6) is 0.299. The third-order valence-corrected chi connectivity index (χ3v) is 4.36. The maximum absolute atomic E-state index is 12.3. The maximum Gasteiger partial charge on any atom is 0.263 e. The van der Waals surface area contributed by atoms with Crippen LogP contribution in [0.5, 0.6) is 0 Å². The van der Waals surface area contributed by atoms with E-state index in [0.29, 0.717) is 17.4 Å². The molecule has 0 atom stereocenters. The zero-order valence-electron chi connectivity index (χ0n) is 12.3. The first-order chi connectivity index (χ1) is 9.88. The van der Waals surface area contributed by atoms with Crippen LogP contribution >= 0.6 is 0 Å². The van der Waals surface area contributed by atoms with E-state index in [2.05, 4.69) is 15.0 Å². The van der Waals surface area contributed by atoms with Gasteiger partial charge in [-0.1, -0.05) is 18.2 Å². The number of aryl methyl sites for hydroxylation is 1. The van der Waals surface area contributed by atoms with Gasteiger partial charge < -0.3 is 5.32 Å². The minimum atomic E-state index is -3.61. The number of aromatic nitrogens is 1. The monoisotopic (exact) mass is 305 g/mol. The van der Waals surface area contributed by atoms with Gasteiger partial charge in [0.2, 0.25) is 0 Å². The molecule has 0 spiro atoms. The summed E-state index contributed by atoms with van der Waals surface area (Å²) in [4.78, 5) is 4.38. The molecule has 2 N–H and O–H groups in total. The highest BCUT2D eigenvalue weighted by molar-refractivity contribution is 7.92. The van der Waals surface area contributed by atoms with Crippen LogP contribution in [0.2, 0.25) is 0 Å². The van der Waals surface area contributed by atoms with Gasteiger partial charge in [0.05, 0.1) is 16.8 Å². The third-order valence-electron chi connectivity index (χ3n) is 2.84. The molecule has 6 heteroatoms. The number of nitrogens with one attached hydrogen (secondary N) is 2. The molecular weight excluding hydrogens is 286 g/mol. The van der Waals surface area contributed by atoms with E-state index in [1.165, 1.54) is 0 Å². The smallest absolute Gasteiger partial charge is 0.263 e. The van der Waals surface area contributed by atoms with E-state index in [1.54, 1.807) is 49.5 Å². The second-order valence-electron chi connectivity index (χ2n) is 5.10. The van der Waals surface area contributed by atoms with Crippen LogP contribution in [0.4, 0.5) is 11.5 Å². The van der Waals surface area contributed by atoms with Crippen molar-refractivity contribution < 1.29 is 8.42 Å². The number of sulfonamides is 1. The van der Waals surface area contributed by atoms with Gasteiger partial charge in [0.1, 0.15) is 5.82 Å². The summed E-state index contributed by atoms with van der Waals surface area (Å²) in [7, 11) is -3.61. The Hall–Kier alpha value is -2.08. The summed E-state index contributed by atoms with van der Waals surface area (Å²) in [5, 5.41) is 3.20. The summed E-state index contributed by atoms with van der Waals surface area (Å²) in [6.07, 6.45) is 1.61. The highest BCUT2D eigenvalue weighted by Crippen LogP contribution is 2.18. The lowest BCUT2D eigenvalue weighted by atomic mass is 10.2. The van der Waals surface area contributed by atoms with Crippen molar-refractivity contribution in [3.8, 4) is 0 Å². The van der Waals surface area contributed by atoms with Crippen LogP contribution in [0.25, 0.3) is 0 Å². The molecule has 112 valence electrons. The molecule has 5 nitrogen and oxygen atoms in total.